The van der Waals surface area contributed by atoms with Crippen LogP contribution in [0.4, 0.5) is 0 Å². The fourth-order valence-electron chi connectivity index (χ4n) is 2.27. The molecule has 0 spiro atoms. The summed E-state index contributed by atoms with van der Waals surface area (Å²) in [6.45, 7) is 10.4. The van der Waals surface area contributed by atoms with Gasteiger partial charge in [-0.3, -0.25) is 4.90 Å². The van der Waals surface area contributed by atoms with E-state index in [2.05, 4.69) is 24.1 Å². The number of hydrogen-bond donors (Lipinski definition) is 1. The smallest absolute Gasteiger partial charge is 0.0674 e. The highest BCUT2D eigenvalue weighted by Crippen LogP contribution is 2.14. The van der Waals surface area contributed by atoms with Crippen LogP contribution in [0.1, 0.15) is 26.7 Å². The van der Waals surface area contributed by atoms with Crippen LogP contribution >= 0.6 is 0 Å². The number of methoxy groups -OCH3 is 1. The van der Waals surface area contributed by atoms with Gasteiger partial charge in [-0.15, -0.1) is 0 Å². The van der Waals surface area contributed by atoms with Gasteiger partial charge in [0.05, 0.1) is 19.3 Å². The average molecular weight is 244 g/mol. The van der Waals surface area contributed by atoms with Crippen molar-refractivity contribution in [2.24, 2.45) is 0 Å². The van der Waals surface area contributed by atoms with Gasteiger partial charge in [-0.1, -0.05) is 6.92 Å². The molecular formula is C13H28N2O2. The second kappa shape index (κ2) is 8.86. The van der Waals surface area contributed by atoms with Crippen molar-refractivity contribution in [3.05, 3.63) is 0 Å². The second-order valence-electron chi connectivity index (χ2n) is 4.80. The zero-order valence-electron chi connectivity index (χ0n) is 11.6. The highest BCUT2D eigenvalue weighted by molar-refractivity contribution is 4.77. The Bertz CT molecular complexity index is 190. The molecule has 2 unspecified atom stereocenters. The van der Waals surface area contributed by atoms with Crippen molar-refractivity contribution in [3.63, 3.8) is 0 Å². The van der Waals surface area contributed by atoms with Gasteiger partial charge in [-0.05, 0) is 32.9 Å². The lowest BCUT2D eigenvalue weighted by Gasteiger charge is -2.38. The first kappa shape index (κ1) is 14.9. The summed E-state index contributed by atoms with van der Waals surface area (Å²) in [4.78, 5) is 2.58. The first-order chi connectivity index (χ1) is 8.27. The van der Waals surface area contributed by atoms with Crippen LogP contribution in [0.5, 0.6) is 0 Å². The van der Waals surface area contributed by atoms with Crippen LogP contribution in [-0.2, 0) is 9.47 Å². The van der Waals surface area contributed by atoms with Crippen LogP contribution in [-0.4, -0.2) is 63.5 Å². The van der Waals surface area contributed by atoms with Gasteiger partial charge >= 0.3 is 0 Å². The molecule has 0 bridgehead atoms. The van der Waals surface area contributed by atoms with Gasteiger partial charge in [0.1, 0.15) is 0 Å². The maximum absolute atomic E-state index is 5.70. The molecule has 17 heavy (non-hydrogen) atoms. The maximum atomic E-state index is 5.70. The predicted molar refractivity (Wildman–Crippen MR) is 70.4 cm³/mol. The molecule has 2 atom stereocenters. The number of nitrogens with one attached hydrogen (secondary N) is 1. The molecular weight excluding hydrogens is 216 g/mol. The largest absolute Gasteiger partial charge is 0.383 e. The summed E-state index contributed by atoms with van der Waals surface area (Å²) >= 11 is 0. The van der Waals surface area contributed by atoms with E-state index in [4.69, 9.17) is 9.47 Å². The van der Waals surface area contributed by atoms with Crippen LogP contribution in [0.25, 0.3) is 0 Å². The van der Waals surface area contributed by atoms with E-state index in [0.29, 0.717) is 12.1 Å². The number of morpholine rings is 1. The van der Waals surface area contributed by atoms with Gasteiger partial charge in [0.2, 0.25) is 0 Å². The molecule has 0 saturated carbocycles. The number of nitrogens with zero attached hydrogens (tertiary/aromatic N) is 1. The van der Waals surface area contributed by atoms with Crippen LogP contribution in [0.15, 0.2) is 0 Å². The van der Waals surface area contributed by atoms with E-state index in [1.165, 1.54) is 19.4 Å². The zero-order chi connectivity index (χ0) is 12.5. The van der Waals surface area contributed by atoms with Gasteiger partial charge < -0.3 is 14.8 Å². The van der Waals surface area contributed by atoms with E-state index < -0.39 is 0 Å². The van der Waals surface area contributed by atoms with Crippen LogP contribution in [0.2, 0.25) is 0 Å². The monoisotopic (exact) mass is 244 g/mol. The van der Waals surface area contributed by atoms with E-state index in [-0.39, 0.29) is 0 Å². The summed E-state index contributed by atoms with van der Waals surface area (Å²) in [6.07, 6.45) is 2.77. The molecule has 1 aliphatic heterocycles. The Balaban J connectivity index is 2.10. The van der Waals surface area contributed by atoms with Crippen molar-refractivity contribution in [3.8, 4) is 0 Å². The molecule has 1 fully saturated rings. The minimum Gasteiger partial charge on any atom is -0.383 e. The first-order valence-corrected chi connectivity index (χ1v) is 6.83. The normalized spacial score (nSPS) is 26.3. The molecule has 0 aromatic carbocycles. The first-order valence-electron chi connectivity index (χ1n) is 6.83. The summed E-state index contributed by atoms with van der Waals surface area (Å²) in [5, 5.41) is 3.39. The molecule has 4 heteroatoms. The van der Waals surface area contributed by atoms with Crippen molar-refractivity contribution in [1.29, 1.82) is 0 Å². The summed E-state index contributed by atoms with van der Waals surface area (Å²) in [5.41, 5.74) is 0. The van der Waals surface area contributed by atoms with Crippen LogP contribution in [0, 0.1) is 0 Å². The Morgan fingerprint density at radius 3 is 2.94 bits per heavy atom. The molecule has 4 nitrogen and oxygen atoms in total. The Morgan fingerprint density at radius 2 is 2.24 bits per heavy atom. The molecule has 0 aliphatic carbocycles. The van der Waals surface area contributed by atoms with Gasteiger partial charge in [-0.25, -0.2) is 0 Å². The SMILES string of the molecule is CCC1COC(C)CN1CCCNCCOC. The quantitative estimate of drug-likeness (QED) is 0.649. The summed E-state index contributed by atoms with van der Waals surface area (Å²) in [5.74, 6) is 0. The third-order valence-electron chi connectivity index (χ3n) is 3.33. The highest BCUT2D eigenvalue weighted by Gasteiger charge is 2.24. The van der Waals surface area contributed by atoms with E-state index in [1.54, 1.807) is 7.11 Å². The van der Waals surface area contributed by atoms with Crippen molar-refractivity contribution < 1.29 is 9.47 Å². The Labute approximate surface area is 106 Å². The van der Waals surface area contributed by atoms with Crippen molar-refractivity contribution in [2.75, 3.05) is 46.5 Å². The van der Waals surface area contributed by atoms with Gasteiger partial charge in [0.25, 0.3) is 0 Å². The fraction of sp³-hybridized carbons (Fsp3) is 1.00. The summed E-state index contributed by atoms with van der Waals surface area (Å²) in [7, 11) is 1.74. The van der Waals surface area contributed by atoms with E-state index in [0.717, 1.165) is 32.8 Å². The molecule has 1 N–H and O–H groups in total. The third kappa shape index (κ3) is 5.82. The Kier molecular flexibility index (Phi) is 7.77. The molecule has 1 aliphatic rings. The highest BCUT2D eigenvalue weighted by atomic mass is 16.5. The predicted octanol–water partition coefficient (Wildman–Crippen LogP) is 1.11. The summed E-state index contributed by atoms with van der Waals surface area (Å²) in [6, 6.07) is 0.616. The lowest BCUT2D eigenvalue weighted by molar-refractivity contribution is -0.0558. The topological polar surface area (TPSA) is 33.7 Å². The van der Waals surface area contributed by atoms with Crippen LogP contribution < -0.4 is 5.32 Å². The average Bonchev–Trinajstić information content (AvgIpc) is 2.34. The van der Waals surface area contributed by atoms with Crippen molar-refractivity contribution in [1.82, 2.24) is 10.2 Å². The number of rotatable bonds is 8. The van der Waals surface area contributed by atoms with E-state index in [1.807, 2.05) is 0 Å². The standard InChI is InChI=1S/C13H28N2O2/c1-4-13-11-17-12(2)10-15(13)8-5-6-14-7-9-16-3/h12-14H,4-11H2,1-3H3. The van der Waals surface area contributed by atoms with Crippen molar-refractivity contribution >= 4 is 0 Å². The maximum Gasteiger partial charge on any atom is 0.0674 e. The zero-order valence-corrected chi connectivity index (χ0v) is 11.6. The number of hydrogen-bond acceptors (Lipinski definition) is 4. The fourth-order valence-corrected chi connectivity index (χ4v) is 2.27. The Hall–Kier alpha value is -0.160. The van der Waals surface area contributed by atoms with Gasteiger partial charge in [-0.2, -0.15) is 0 Å². The molecule has 102 valence electrons. The van der Waals surface area contributed by atoms with Crippen LogP contribution in [0.3, 0.4) is 0 Å². The third-order valence-corrected chi connectivity index (χ3v) is 3.33. The minimum atomic E-state index is 0.388. The van der Waals surface area contributed by atoms with Gasteiger partial charge in [0.15, 0.2) is 0 Å². The van der Waals surface area contributed by atoms with E-state index >= 15 is 0 Å². The van der Waals surface area contributed by atoms with E-state index in [9.17, 15) is 0 Å². The minimum absolute atomic E-state index is 0.388. The molecule has 1 heterocycles. The molecule has 0 radical (unpaired) electrons. The molecule has 1 saturated heterocycles. The molecule has 1 rings (SSSR count). The molecule has 0 aromatic heterocycles. The second-order valence-corrected chi connectivity index (χ2v) is 4.80. The molecule has 0 amide bonds. The lowest BCUT2D eigenvalue weighted by atomic mass is 10.1. The lowest BCUT2D eigenvalue weighted by Crippen LogP contribution is -2.49. The molecule has 0 aromatic rings. The number of ether oxygens (including phenoxy) is 2. The van der Waals surface area contributed by atoms with Crippen molar-refractivity contribution in [2.45, 2.75) is 38.8 Å². The summed E-state index contributed by atoms with van der Waals surface area (Å²) < 4.78 is 10.7. The Morgan fingerprint density at radius 1 is 1.41 bits per heavy atom. The van der Waals surface area contributed by atoms with Gasteiger partial charge in [0, 0.05) is 26.2 Å².